The number of aromatic nitrogens is 2. The summed E-state index contributed by atoms with van der Waals surface area (Å²) < 4.78 is 12.9. The van der Waals surface area contributed by atoms with E-state index < -0.39 is 0 Å². The van der Waals surface area contributed by atoms with Gasteiger partial charge in [0.25, 0.3) is 5.91 Å². The fourth-order valence-corrected chi connectivity index (χ4v) is 1.69. The first-order valence-electron chi connectivity index (χ1n) is 6.10. The van der Waals surface area contributed by atoms with Crippen LogP contribution >= 0.6 is 0 Å². The highest BCUT2D eigenvalue weighted by Crippen LogP contribution is 2.16. The molecule has 0 fully saturated rings. The standard InChI is InChI=1S/C15H14FN3O/c1-3-8-17-15(20)13-9-18-14(19-10(13)2)11-4-6-12(16)7-5-11/h3-7,9H,1,8H2,2H3,(H,17,20). The number of hydrogen-bond donors (Lipinski definition) is 1. The van der Waals surface area contributed by atoms with E-state index in [2.05, 4.69) is 21.9 Å². The Kier molecular flexibility index (Phi) is 4.20. The number of nitrogens with one attached hydrogen (secondary N) is 1. The highest BCUT2D eigenvalue weighted by Gasteiger charge is 2.11. The molecule has 4 nitrogen and oxygen atoms in total. The van der Waals surface area contributed by atoms with Crippen molar-refractivity contribution in [2.24, 2.45) is 0 Å². The molecule has 0 saturated carbocycles. The van der Waals surface area contributed by atoms with Gasteiger partial charge in [-0.3, -0.25) is 4.79 Å². The molecule has 1 heterocycles. The molecule has 0 aliphatic heterocycles. The molecule has 102 valence electrons. The van der Waals surface area contributed by atoms with Gasteiger partial charge in [0, 0.05) is 18.3 Å². The maximum absolute atomic E-state index is 12.9. The number of nitrogens with zero attached hydrogens (tertiary/aromatic N) is 2. The molecule has 0 spiro atoms. The molecule has 0 radical (unpaired) electrons. The number of benzene rings is 1. The Morgan fingerprint density at radius 3 is 2.70 bits per heavy atom. The second-order valence-electron chi connectivity index (χ2n) is 4.20. The van der Waals surface area contributed by atoms with E-state index in [0.717, 1.165) is 0 Å². The van der Waals surface area contributed by atoms with Gasteiger partial charge in [-0.2, -0.15) is 0 Å². The summed E-state index contributed by atoms with van der Waals surface area (Å²) >= 11 is 0. The Morgan fingerprint density at radius 1 is 1.40 bits per heavy atom. The van der Waals surface area contributed by atoms with Crippen LogP contribution in [0.15, 0.2) is 43.1 Å². The molecule has 1 aromatic heterocycles. The van der Waals surface area contributed by atoms with Crippen LogP contribution in [0.2, 0.25) is 0 Å². The van der Waals surface area contributed by atoms with Gasteiger partial charge >= 0.3 is 0 Å². The molecule has 2 rings (SSSR count). The molecular formula is C15H14FN3O. The van der Waals surface area contributed by atoms with E-state index >= 15 is 0 Å². The van der Waals surface area contributed by atoms with Crippen LogP contribution in [0, 0.1) is 12.7 Å². The van der Waals surface area contributed by atoms with Crippen molar-refractivity contribution in [2.75, 3.05) is 6.54 Å². The van der Waals surface area contributed by atoms with Gasteiger partial charge in [-0.25, -0.2) is 14.4 Å². The summed E-state index contributed by atoms with van der Waals surface area (Å²) in [6.45, 7) is 5.65. The minimum absolute atomic E-state index is 0.243. The number of halogens is 1. The number of rotatable bonds is 4. The van der Waals surface area contributed by atoms with Crippen molar-refractivity contribution in [3.8, 4) is 11.4 Å². The lowest BCUT2D eigenvalue weighted by atomic mass is 10.2. The molecular weight excluding hydrogens is 257 g/mol. The van der Waals surface area contributed by atoms with Crippen molar-refractivity contribution >= 4 is 5.91 Å². The van der Waals surface area contributed by atoms with Crippen molar-refractivity contribution in [3.05, 3.63) is 60.2 Å². The third-order valence-electron chi connectivity index (χ3n) is 2.73. The smallest absolute Gasteiger partial charge is 0.254 e. The molecule has 2 aromatic rings. The summed E-state index contributed by atoms with van der Waals surface area (Å²) in [5.74, 6) is -0.0956. The molecule has 0 saturated heterocycles. The highest BCUT2D eigenvalue weighted by atomic mass is 19.1. The predicted molar refractivity (Wildman–Crippen MR) is 74.7 cm³/mol. The zero-order valence-electron chi connectivity index (χ0n) is 11.1. The van der Waals surface area contributed by atoms with Gasteiger partial charge in [0.1, 0.15) is 5.82 Å². The van der Waals surface area contributed by atoms with E-state index in [9.17, 15) is 9.18 Å². The zero-order valence-corrected chi connectivity index (χ0v) is 11.1. The average molecular weight is 271 g/mol. The molecule has 1 N–H and O–H groups in total. The summed E-state index contributed by atoms with van der Waals surface area (Å²) in [5, 5.41) is 2.67. The van der Waals surface area contributed by atoms with E-state index in [1.807, 2.05) is 0 Å². The van der Waals surface area contributed by atoms with Gasteiger partial charge in [0.2, 0.25) is 0 Å². The van der Waals surface area contributed by atoms with Crippen molar-refractivity contribution in [2.45, 2.75) is 6.92 Å². The van der Waals surface area contributed by atoms with Crippen molar-refractivity contribution in [3.63, 3.8) is 0 Å². The normalized spacial score (nSPS) is 10.1. The minimum Gasteiger partial charge on any atom is -0.348 e. The number of carbonyl (C=O) groups excluding carboxylic acids is 1. The fraction of sp³-hybridized carbons (Fsp3) is 0.133. The Bertz CT molecular complexity index is 638. The van der Waals surface area contributed by atoms with Crippen LogP contribution in [0.5, 0.6) is 0 Å². The highest BCUT2D eigenvalue weighted by molar-refractivity contribution is 5.95. The number of hydrogen-bond acceptors (Lipinski definition) is 3. The Hall–Kier alpha value is -2.56. The lowest BCUT2D eigenvalue weighted by Crippen LogP contribution is -2.24. The van der Waals surface area contributed by atoms with E-state index in [1.165, 1.54) is 18.3 Å². The van der Waals surface area contributed by atoms with Gasteiger partial charge in [0.15, 0.2) is 5.82 Å². The lowest BCUT2D eigenvalue weighted by Gasteiger charge is -2.07. The van der Waals surface area contributed by atoms with Crippen LogP contribution < -0.4 is 5.32 Å². The van der Waals surface area contributed by atoms with Crippen LogP contribution in [0.3, 0.4) is 0 Å². The largest absolute Gasteiger partial charge is 0.348 e. The first kappa shape index (κ1) is 13.9. The molecule has 0 bridgehead atoms. The molecule has 20 heavy (non-hydrogen) atoms. The van der Waals surface area contributed by atoms with E-state index in [4.69, 9.17) is 0 Å². The number of carbonyl (C=O) groups is 1. The third-order valence-corrected chi connectivity index (χ3v) is 2.73. The summed E-state index contributed by atoms with van der Waals surface area (Å²) in [6.07, 6.45) is 3.07. The van der Waals surface area contributed by atoms with Crippen LogP contribution in [0.1, 0.15) is 16.1 Å². The first-order chi connectivity index (χ1) is 9.61. The summed E-state index contributed by atoms with van der Waals surface area (Å²) in [6, 6.07) is 5.89. The fourth-order valence-electron chi connectivity index (χ4n) is 1.69. The van der Waals surface area contributed by atoms with Crippen molar-refractivity contribution in [1.29, 1.82) is 0 Å². The van der Waals surface area contributed by atoms with Crippen LogP contribution in [0.25, 0.3) is 11.4 Å². The van der Waals surface area contributed by atoms with Crippen molar-refractivity contribution in [1.82, 2.24) is 15.3 Å². The molecule has 0 aliphatic carbocycles. The summed E-state index contributed by atoms with van der Waals surface area (Å²) in [7, 11) is 0. The third kappa shape index (κ3) is 3.06. The van der Waals surface area contributed by atoms with Gasteiger partial charge < -0.3 is 5.32 Å². The molecule has 5 heteroatoms. The van der Waals surface area contributed by atoms with Crippen LogP contribution in [-0.2, 0) is 0 Å². The second-order valence-corrected chi connectivity index (χ2v) is 4.20. The van der Waals surface area contributed by atoms with Gasteiger partial charge in [0.05, 0.1) is 11.3 Å². The quantitative estimate of drug-likeness (QED) is 0.869. The number of aryl methyl sites for hydroxylation is 1. The SMILES string of the molecule is C=CCNC(=O)c1cnc(-c2ccc(F)cc2)nc1C. The maximum Gasteiger partial charge on any atom is 0.254 e. The molecule has 0 unspecified atom stereocenters. The lowest BCUT2D eigenvalue weighted by molar-refractivity contribution is 0.0956. The summed E-state index contributed by atoms with van der Waals surface area (Å²) in [4.78, 5) is 20.3. The molecule has 0 atom stereocenters. The van der Waals surface area contributed by atoms with Gasteiger partial charge in [-0.1, -0.05) is 6.08 Å². The van der Waals surface area contributed by atoms with Gasteiger partial charge in [-0.15, -0.1) is 6.58 Å². The van der Waals surface area contributed by atoms with Crippen LogP contribution in [-0.4, -0.2) is 22.4 Å². The monoisotopic (exact) mass is 271 g/mol. The maximum atomic E-state index is 12.9. The topological polar surface area (TPSA) is 54.9 Å². The van der Waals surface area contributed by atoms with E-state index in [-0.39, 0.29) is 11.7 Å². The predicted octanol–water partition coefficient (Wildman–Crippen LogP) is 2.51. The Balaban J connectivity index is 2.27. The Morgan fingerprint density at radius 2 is 2.10 bits per heavy atom. The molecule has 1 amide bonds. The average Bonchev–Trinajstić information content (AvgIpc) is 2.45. The van der Waals surface area contributed by atoms with E-state index in [0.29, 0.717) is 29.2 Å². The van der Waals surface area contributed by atoms with Crippen molar-refractivity contribution < 1.29 is 9.18 Å². The zero-order chi connectivity index (χ0) is 14.5. The molecule has 0 aliphatic rings. The summed E-state index contributed by atoms with van der Waals surface area (Å²) in [5.41, 5.74) is 1.69. The minimum atomic E-state index is -0.314. The van der Waals surface area contributed by atoms with E-state index in [1.54, 1.807) is 25.1 Å². The van der Waals surface area contributed by atoms with Crippen LogP contribution in [0.4, 0.5) is 4.39 Å². The first-order valence-corrected chi connectivity index (χ1v) is 6.10. The number of amides is 1. The van der Waals surface area contributed by atoms with Gasteiger partial charge in [-0.05, 0) is 31.2 Å². The Labute approximate surface area is 116 Å². The molecule has 1 aromatic carbocycles. The second kappa shape index (κ2) is 6.06.